The van der Waals surface area contributed by atoms with Gasteiger partial charge in [-0.3, -0.25) is 0 Å². The van der Waals surface area contributed by atoms with Gasteiger partial charge in [-0.25, -0.2) is 30.7 Å². The molecule has 3 rings (SSSR count). The number of fused-ring (bicyclic) bond motifs is 1. The average molecular weight is 322 g/mol. The van der Waals surface area contributed by atoms with Gasteiger partial charge in [-0.2, -0.15) is 0 Å². The van der Waals surface area contributed by atoms with Crippen molar-refractivity contribution < 1.29 is 40.0 Å². The highest BCUT2D eigenvalue weighted by molar-refractivity contribution is 6.63. The van der Waals surface area contributed by atoms with Crippen LogP contribution in [0, 0.1) is 40.7 Å². The van der Waals surface area contributed by atoms with Gasteiger partial charge in [-0.05, 0) is 12.1 Å². The lowest BCUT2D eigenvalue weighted by Crippen LogP contribution is -2.45. The molecule has 0 atom stereocenters. The van der Waals surface area contributed by atoms with Crippen LogP contribution in [0.4, 0.5) is 30.7 Å². The molecule has 0 unspecified atom stereocenters. The third kappa shape index (κ3) is 1.90. The molecule has 0 N–H and O–H groups in total. The van der Waals surface area contributed by atoms with Crippen LogP contribution in [0.1, 0.15) is 0 Å². The zero-order valence-electron chi connectivity index (χ0n) is 10.2. The Kier molecular flexibility index (Phi) is 3.19. The topological polar surface area (TPSA) is 18.5 Å². The predicted molar refractivity (Wildman–Crippen MR) is 59.2 cm³/mol. The van der Waals surface area contributed by atoms with Crippen molar-refractivity contribution in [3.63, 3.8) is 0 Å². The van der Waals surface area contributed by atoms with Crippen LogP contribution in [0.5, 0.6) is 11.5 Å². The first kappa shape index (κ1) is 14.5. The Morgan fingerprint density at radius 3 is 1.36 bits per heavy atom. The monoisotopic (exact) mass is 322 g/mol. The van der Waals surface area contributed by atoms with Crippen LogP contribution in [0.2, 0.25) is 0 Å². The molecular formula is C12H2BF7O2. The predicted octanol–water partition coefficient (Wildman–Crippen LogP) is 2.83. The standard InChI is InChI=1S/C12H2BF7O2/c14-3-1-2-4(15)12-11(3)21-13(22-12)5-6(16)8(18)10(20)9(19)7(5)17/h1-2H. The van der Waals surface area contributed by atoms with Crippen LogP contribution in [0.15, 0.2) is 12.1 Å². The lowest BCUT2D eigenvalue weighted by atomic mass is 9.78. The number of hydrogen-bond acceptors (Lipinski definition) is 2. The van der Waals surface area contributed by atoms with Gasteiger partial charge in [0.1, 0.15) is 0 Å². The minimum absolute atomic E-state index is 0.651. The van der Waals surface area contributed by atoms with E-state index in [1.54, 1.807) is 0 Å². The molecule has 1 aliphatic rings. The summed E-state index contributed by atoms with van der Waals surface area (Å²) < 4.78 is 103. The molecule has 22 heavy (non-hydrogen) atoms. The van der Waals surface area contributed by atoms with Gasteiger partial charge in [0.2, 0.25) is 0 Å². The van der Waals surface area contributed by atoms with E-state index in [0.717, 1.165) is 0 Å². The molecule has 0 bridgehead atoms. The van der Waals surface area contributed by atoms with E-state index < -0.39 is 64.8 Å². The van der Waals surface area contributed by atoms with Gasteiger partial charge in [-0.1, -0.05) is 0 Å². The molecule has 2 nitrogen and oxygen atoms in total. The smallest absolute Gasteiger partial charge is 0.517 e. The molecule has 1 heterocycles. The largest absolute Gasteiger partial charge is 0.639 e. The molecule has 0 aliphatic carbocycles. The van der Waals surface area contributed by atoms with Crippen molar-refractivity contribution >= 4 is 12.6 Å². The molecule has 114 valence electrons. The normalized spacial score (nSPS) is 13.0. The summed E-state index contributed by atoms with van der Waals surface area (Å²) >= 11 is 0. The summed E-state index contributed by atoms with van der Waals surface area (Å²) in [5.74, 6) is -15.1. The van der Waals surface area contributed by atoms with E-state index in [1.807, 2.05) is 0 Å². The third-order valence-corrected chi connectivity index (χ3v) is 2.95. The molecule has 0 radical (unpaired) electrons. The summed E-state index contributed by atoms with van der Waals surface area (Å²) in [5.41, 5.74) is -1.48. The maximum Gasteiger partial charge on any atom is 0.639 e. The third-order valence-electron chi connectivity index (χ3n) is 2.95. The zero-order valence-corrected chi connectivity index (χ0v) is 10.2. The molecule has 0 saturated carbocycles. The lowest BCUT2D eigenvalue weighted by molar-refractivity contribution is 0.379. The number of halogens is 7. The van der Waals surface area contributed by atoms with Crippen molar-refractivity contribution in [3.05, 3.63) is 52.9 Å². The van der Waals surface area contributed by atoms with Gasteiger partial charge in [0, 0.05) is 0 Å². The van der Waals surface area contributed by atoms with Crippen LogP contribution in [0.3, 0.4) is 0 Å². The van der Waals surface area contributed by atoms with Crippen LogP contribution in [-0.2, 0) is 0 Å². The number of hydrogen-bond donors (Lipinski definition) is 0. The fraction of sp³-hybridized carbons (Fsp3) is 0. The summed E-state index contributed by atoms with van der Waals surface area (Å²) in [6.07, 6.45) is 0. The van der Waals surface area contributed by atoms with Crippen molar-refractivity contribution in [3.8, 4) is 11.5 Å². The van der Waals surface area contributed by atoms with Crippen molar-refractivity contribution in [2.45, 2.75) is 0 Å². The summed E-state index contributed by atoms with van der Waals surface area (Å²) in [6.45, 7) is 0. The summed E-state index contributed by atoms with van der Waals surface area (Å²) in [6, 6.07) is 1.30. The number of benzene rings is 2. The number of rotatable bonds is 1. The van der Waals surface area contributed by atoms with Gasteiger partial charge >= 0.3 is 7.12 Å². The SMILES string of the molecule is Fc1ccc(F)c2c1OB(c1c(F)c(F)c(F)c(F)c1F)O2. The molecule has 0 aromatic heterocycles. The Morgan fingerprint density at radius 2 is 0.955 bits per heavy atom. The second-order valence-corrected chi connectivity index (χ2v) is 4.24. The maximum atomic E-state index is 13.6. The molecule has 2 aromatic carbocycles. The summed E-state index contributed by atoms with van der Waals surface area (Å²) in [7, 11) is -2.22. The van der Waals surface area contributed by atoms with Crippen molar-refractivity contribution in [2.75, 3.05) is 0 Å². The Bertz CT molecular complexity index is 736. The molecule has 2 aromatic rings. The van der Waals surface area contributed by atoms with Gasteiger partial charge < -0.3 is 9.31 Å². The molecule has 10 heteroatoms. The van der Waals surface area contributed by atoms with Gasteiger partial charge in [0.05, 0.1) is 5.46 Å². The quantitative estimate of drug-likeness (QED) is 0.348. The summed E-state index contributed by atoms with van der Waals surface area (Å²) in [4.78, 5) is 0. The van der Waals surface area contributed by atoms with E-state index >= 15 is 0 Å². The van der Waals surface area contributed by atoms with Crippen LogP contribution in [0.25, 0.3) is 0 Å². The Balaban J connectivity index is 2.13. The first-order chi connectivity index (χ1) is 10.3. The molecule has 0 spiro atoms. The highest BCUT2D eigenvalue weighted by atomic mass is 19.2. The van der Waals surface area contributed by atoms with E-state index in [2.05, 4.69) is 9.31 Å². The highest BCUT2D eigenvalue weighted by Gasteiger charge is 2.44. The van der Waals surface area contributed by atoms with Gasteiger partial charge in [-0.15, -0.1) is 0 Å². The minimum atomic E-state index is -2.37. The van der Waals surface area contributed by atoms with Crippen LogP contribution in [-0.4, -0.2) is 7.12 Å². The van der Waals surface area contributed by atoms with E-state index in [1.165, 1.54) is 0 Å². The molecule has 0 amide bonds. The maximum absolute atomic E-state index is 13.6. The second-order valence-electron chi connectivity index (χ2n) is 4.24. The molecular weight excluding hydrogens is 320 g/mol. The van der Waals surface area contributed by atoms with E-state index in [9.17, 15) is 30.7 Å². The zero-order chi connectivity index (χ0) is 16.2. The van der Waals surface area contributed by atoms with E-state index in [-0.39, 0.29) is 0 Å². The Labute approximate surface area is 118 Å². The molecule has 0 fully saturated rings. The first-order valence-electron chi connectivity index (χ1n) is 5.65. The minimum Gasteiger partial charge on any atom is -0.517 e. The Hall–Kier alpha value is -2.39. The first-order valence-corrected chi connectivity index (χ1v) is 5.65. The second kappa shape index (κ2) is 4.82. The summed E-state index contributed by atoms with van der Waals surface area (Å²) in [5, 5.41) is 0. The fourth-order valence-corrected chi connectivity index (χ4v) is 1.92. The van der Waals surface area contributed by atoms with E-state index in [0.29, 0.717) is 12.1 Å². The molecule has 0 saturated heterocycles. The highest BCUT2D eigenvalue weighted by Crippen LogP contribution is 2.38. The van der Waals surface area contributed by atoms with Crippen molar-refractivity contribution in [1.29, 1.82) is 0 Å². The van der Waals surface area contributed by atoms with Gasteiger partial charge in [0.15, 0.2) is 52.2 Å². The Morgan fingerprint density at radius 1 is 0.591 bits per heavy atom. The van der Waals surface area contributed by atoms with Crippen molar-refractivity contribution in [1.82, 2.24) is 0 Å². The van der Waals surface area contributed by atoms with Crippen LogP contribution < -0.4 is 14.8 Å². The lowest BCUT2D eigenvalue weighted by Gasteiger charge is -2.09. The van der Waals surface area contributed by atoms with Crippen LogP contribution >= 0.6 is 0 Å². The van der Waals surface area contributed by atoms with E-state index in [4.69, 9.17) is 0 Å². The molecule has 1 aliphatic heterocycles. The fourth-order valence-electron chi connectivity index (χ4n) is 1.92. The average Bonchev–Trinajstić information content (AvgIpc) is 2.93. The van der Waals surface area contributed by atoms with Crippen molar-refractivity contribution in [2.24, 2.45) is 0 Å². The van der Waals surface area contributed by atoms with Gasteiger partial charge in [0.25, 0.3) is 0 Å².